The molecular weight excluding hydrogens is 1400 g/mol. The van der Waals surface area contributed by atoms with Crippen LogP contribution in [-0.2, 0) is 65.4 Å². The van der Waals surface area contributed by atoms with Crippen molar-refractivity contribution >= 4 is 39.5 Å². The summed E-state index contributed by atoms with van der Waals surface area (Å²) in [5, 5.41) is 10.7. The first-order valence-electron chi connectivity index (χ1n) is 43.1. The van der Waals surface area contributed by atoms with Gasteiger partial charge < -0.3 is 33.8 Å². The van der Waals surface area contributed by atoms with E-state index in [1.165, 1.54) is 122 Å². The molecule has 5 unspecified atom stereocenters. The molecule has 0 aliphatic carbocycles. The van der Waals surface area contributed by atoms with Crippen LogP contribution < -0.4 is 0 Å². The van der Waals surface area contributed by atoms with Gasteiger partial charge in [-0.05, 0) is 135 Å². The van der Waals surface area contributed by atoms with Crippen molar-refractivity contribution in [2.24, 2.45) is 0 Å². The molecular formula is C89H156O17P2. The van der Waals surface area contributed by atoms with Crippen LogP contribution >= 0.6 is 15.6 Å². The van der Waals surface area contributed by atoms with Gasteiger partial charge in [-0.1, -0.05) is 323 Å². The Balaban J connectivity index is 5.41. The number of hydrogen-bond donors (Lipinski definition) is 3. The van der Waals surface area contributed by atoms with Gasteiger partial charge in [-0.15, -0.1) is 0 Å². The van der Waals surface area contributed by atoms with E-state index in [4.69, 9.17) is 37.0 Å². The van der Waals surface area contributed by atoms with Crippen LogP contribution in [0.1, 0.15) is 374 Å². The zero-order valence-electron chi connectivity index (χ0n) is 68.5. The molecule has 0 radical (unpaired) electrons. The lowest BCUT2D eigenvalue weighted by Crippen LogP contribution is -2.30. The fraction of sp³-hybridized carbons (Fsp3) is 0.753. The molecule has 3 N–H and O–H groups in total. The van der Waals surface area contributed by atoms with E-state index in [9.17, 15) is 43.2 Å². The van der Waals surface area contributed by atoms with Gasteiger partial charge in [-0.3, -0.25) is 37.3 Å². The van der Waals surface area contributed by atoms with E-state index >= 15 is 0 Å². The minimum absolute atomic E-state index is 0.0717. The fourth-order valence-electron chi connectivity index (χ4n) is 11.7. The molecule has 0 aliphatic rings. The third-order valence-electron chi connectivity index (χ3n) is 18.2. The summed E-state index contributed by atoms with van der Waals surface area (Å²) in [7, 11) is -9.98. The third kappa shape index (κ3) is 79.8. The number of aliphatic hydroxyl groups excluding tert-OH is 1. The summed E-state index contributed by atoms with van der Waals surface area (Å²) in [5.74, 6) is -2.21. The number of ether oxygens (including phenoxy) is 4. The Kier molecular flexibility index (Phi) is 77.6. The highest BCUT2D eigenvalue weighted by atomic mass is 31.2. The summed E-state index contributed by atoms with van der Waals surface area (Å²) in [5.41, 5.74) is 0. The Hall–Kier alpha value is -4.28. The summed E-state index contributed by atoms with van der Waals surface area (Å²) in [4.78, 5) is 73.3. The number of rotatable bonds is 81. The van der Waals surface area contributed by atoms with Crippen molar-refractivity contribution in [2.75, 3.05) is 39.6 Å². The Labute approximate surface area is 658 Å². The lowest BCUT2D eigenvalue weighted by molar-refractivity contribution is -0.161. The quantitative estimate of drug-likeness (QED) is 0.0169. The zero-order valence-corrected chi connectivity index (χ0v) is 70.3. The maximum Gasteiger partial charge on any atom is 0.472 e. The molecule has 17 nitrogen and oxygen atoms in total. The fourth-order valence-corrected chi connectivity index (χ4v) is 13.2. The van der Waals surface area contributed by atoms with E-state index in [1.54, 1.807) is 0 Å². The first-order valence-corrected chi connectivity index (χ1v) is 46.1. The number of carbonyl (C=O) groups excluding carboxylic acids is 4. The predicted molar refractivity (Wildman–Crippen MR) is 445 cm³/mol. The SMILES string of the molecule is CC/C=C\C/C=C\C/C=C\C/C=C\C/C=C\CCCCCC(=O)OCC(COP(=O)(O)OCC(O)COP(=O)(O)OCC(COC(=O)CCCCCCC/C=C\CCCCCCCC)OC(=O)CCCCCCCCCCCCCCCCC)OC(=O)CCCCCCCC/C=C\C/C=C\C/C=C\CCCCC. The molecule has 0 aliphatic heterocycles. The molecule has 0 aromatic heterocycles. The normalized spacial score (nSPS) is 14.3. The van der Waals surface area contributed by atoms with Crippen molar-refractivity contribution in [1.29, 1.82) is 0 Å². The summed E-state index contributed by atoms with van der Waals surface area (Å²) < 4.78 is 68.8. The number of phosphoric ester groups is 2. The zero-order chi connectivity index (χ0) is 78.9. The van der Waals surface area contributed by atoms with Gasteiger partial charge in [-0.2, -0.15) is 0 Å². The molecule has 19 heteroatoms. The first kappa shape index (κ1) is 104. The lowest BCUT2D eigenvalue weighted by atomic mass is 10.0. The average Bonchev–Trinajstić information content (AvgIpc) is 0.896. The van der Waals surface area contributed by atoms with E-state index < -0.39 is 97.5 Å². The largest absolute Gasteiger partial charge is 0.472 e. The highest BCUT2D eigenvalue weighted by Crippen LogP contribution is 2.45. The van der Waals surface area contributed by atoms with Gasteiger partial charge in [-0.25, -0.2) is 9.13 Å². The second-order valence-corrected chi connectivity index (χ2v) is 31.7. The smallest absolute Gasteiger partial charge is 0.462 e. The van der Waals surface area contributed by atoms with Crippen molar-refractivity contribution in [3.05, 3.63) is 109 Å². The molecule has 0 fully saturated rings. The average molecular weight is 1560 g/mol. The summed E-state index contributed by atoms with van der Waals surface area (Å²) in [6.07, 6.45) is 89.0. The van der Waals surface area contributed by atoms with Crippen LogP contribution in [0.3, 0.4) is 0 Å². The van der Waals surface area contributed by atoms with Crippen molar-refractivity contribution in [1.82, 2.24) is 0 Å². The summed E-state index contributed by atoms with van der Waals surface area (Å²) in [6, 6.07) is 0. The second-order valence-electron chi connectivity index (χ2n) is 28.7. The number of carbonyl (C=O) groups is 4. The Morgan fingerprint density at radius 1 is 0.269 bits per heavy atom. The van der Waals surface area contributed by atoms with Crippen molar-refractivity contribution in [2.45, 2.75) is 393 Å². The van der Waals surface area contributed by atoms with E-state index in [-0.39, 0.29) is 25.7 Å². The minimum Gasteiger partial charge on any atom is -0.462 e. The first-order chi connectivity index (χ1) is 52.7. The van der Waals surface area contributed by atoms with Gasteiger partial charge in [0.25, 0.3) is 0 Å². The lowest BCUT2D eigenvalue weighted by Gasteiger charge is -2.21. The van der Waals surface area contributed by atoms with Gasteiger partial charge in [0.05, 0.1) is 26.4 Å². The van der Waals surface area contributed by atoms with E-state index in [0.29, 0.717) is 25.7 Å². The highest BCUT2D eigenvalue weighted by molar-refractivity contribution is 7.47. The van der Waals surface area contributed by atoms with Gasteiger partial charge in [0.2, 0.25) is 0 Å². The van der Waals surface area contributed by atoms with E-state index in [1.807, 2.05) is 0 Å². The number of allylic oxidation sites excluding steroid dienone is 18. The molecule has 0 spiro atoms. The molecule has 0 amide bonds. The van der Waals surface area contributed by atoms with Gasteiger partial charge in [0.1, 0.15) is 19.3 Å². The number of hydrogen-bond acceptors (Lipinski definition) is 15. The molecule has 624 valence electrons. The summed E-state index contributed by atoms with van der Waals surface area (Å²) >= 11 is 0. The molecule has 0 saturated heterocycles. The Bertz CT molecular complexity index is 2470. The molecule has 0 saturated carbocycles. The van der Waals surface area contributed by atoms with Crippen LogP contribution in [0.4, 0.5) is 0 Å². The van der Waals surface area contributed by atoms with Gasteiger partial charge >= 0.3 is 39.5 Å². The van der Waals surface area contributed by atoms with Gasteiger partial charge in [0.15, 0.2) is 12.2 Å². The Morgan fingerprint density at radius 2 is 0.481 bits per heavy atom. The second kappa shape index (κ2) is 80.8. The number of esters is 4. The van der Waals surface area contributed by atoms with Crippen molar-refractivity contribution < 1.29 is 80.2 Å². The summed E-state index contributed by atoms with van der Waals surface area (Å²) in [6.45, 7) is 4.74. The van der Waals surface area contributed by atoms with Crippen LogP contribution in [0.25, 0.3) is 0 Å². The highest BCUT2D eigenvalue weighted by Gasteiger charge is 2.30. The van der Waals surface area contributed by atoms with Crippen LogP contribution in [0, 0.1) is 0 Å². The van der Waals surface area contributed by atoms with Crippen molar-refractivity contribution in [3.63, 3.8) is 0 Å². The molecule has 0 bridgehead atoms. The standard InChI is InChI=1S/C89H156O17P2/c1-5-9-13-17-21-25-29-33-37-39-41-43-47-50-54-58-62-66-70-74-87(92)100-80-85(106-89(94)76-72-68-64-60-56-52-48-44-42-40-38-34-30-26-22-18-14-10-6-2)82-104-108(97,98)102-78-83(90)77-101-107(95,96)103-81-84(105-88(93)75-71-67-63-59-55-51-46-36-32-28-24-20-16-12-8-4)79-99-86(91)73-69-65-61-57-53-49-45-35-31-27-23-19-15-11-7-3/h9,13,21-22,25-26,33-35,37-38,41-45,50,54,83-85,90H,5-8,10-12,14-20,23-24,27-32,36,39-40,46-49,51-53,55-82H2,1-4H3,(H,95,96)(H,97,98)/b13-9-,25-21-,26-22-,37-33-,38-34-,43-41-,44-42-,45-35-,54-50-. The van der Waals surface area contributed by atoms with Crippen molar-refractivity contribution in [3.8, 4) is 0 Å². The monoisotopic (exact) mass is 1560 g/mol. The van der Waals surface area contributed by atoms with Crippen LogP contribution in [0.5, 0.6) is 0 Å². The molecule has 0 heterocycles. The number of phosphoric acid groups is 2. The topological polar surface area (TPSA) is 237 Å². The van der Waals surface area contributed by atoms with Crippen LogP contribution in [-0.4, -0.2) is 96.7 Å². The molecule has 0 rings (SSSR count). The van der Waals surface area contributed by atoms with Gasteiger partial charge in [0, 0.05) is 25.7 Å². The third-order valence-corrected chi connectivity index (χ3v) is 20.1. The molecule has 5 atom stereocenters. The van der Waals surface area contributed by atoms with E-state index in [2.05, 4.69) is 137 Å². The number of unbranched alkanes of at least 4 members (excludes halogenated alkanes) is 37. The van der Waals surface area contributed by atoms with Crippen LogP contribution in [0.15, 0.2) is 109 Å². The predicted octanol–water partition coefficient (Wildman–Crippen LogP) is 25.7. The maximum absolute atomic E-state index is 13.1. The Morgan fingerprint density at radius 3 is 0.778 bits per heavy atom. The molecule has 108 heavy (non-hydrogen) atoms. The van der Waals surface area contributed by atoms with E-state index in [0.717, 1.165) is 173 Å². The van der Waals surface area contributed by atoms with Crippen LogP contribution in [0.2, 0.25) is 0 Å². The molecule has 0 aromatic carbocycles. The maximum atomic E-state index is 13.1. The molecule has 0 aromatic rings. The number of aliphatic hydroxyl groups is 1. The minimum atomic E-state index is -4.99.